The Morgan fingerprint density at radius 2 is 0.509 bits per heavy atom. The fourth-order valence-electron chi connectivity index (χ4n) is 6.44. The minimum absolute atomic E-state index is 0.0562. The molecule has 6 aromatic carbocycles. The van der Waals surface area contributed by atoms with E-state index in [4.69, 9.17) is 7.32 Å². The van der Waals surface area contributed by atoms with Gasteiger partial charge in [-0.3, -0.25) is 0 Å². The van der Waals surface area contributed by atoms with E-state index in [1.165, 1.54) is 146 Å². The van der Waals surface area contributed by atoms with Crippen molar-refractivity contribution in [1.82, 2.24) is 0 Å². The molecule has 0 saturated heterocycles. The Morgan fingerprint density at radius 1 is 0.340 bits per heavy atom. The van der Waals surface area contributed by atoms with Crippen LogP contribution in [0, 0.1) is 0 Å². The van der Waals surface area contributed by atoms with Gasteiger partial charge in [0, 0.05) is 0 Å². The predicted molar refractivity (Wildman–Crippen MR) is 193 cm³/mol. The number of benzene rings is 6. The van der Waals surface area contributed by atoms with Crippen LogP contribution in [0.1, 0.15) is 0 Å². The van der Waals surface area contributed by atoms with Crippen LogP contribution in [0.25, 0.3) is 0 Å². The Morgan fingerprint density at radius 3 is 0.660 bits per heavy atom. The second-order valence-corrected chi connectivity index (χ2v) is 36.2. The monoisotopic (exact) mass is 946 g/mol. The zero-order valence-electron chi connectivity index (χ0n) is 27.5. The molecule has 0 N–H and O–H groups in total. The Labute approximate surface area is 305 Å². The van der Waals surface area contributed by atoms with Crippen molar-refractivity contribution in [1.29, 1.82) is 0 Å². The number of alkyl halides is 6. The van der Waals surface area contributed by atoms with E-state index in [1.54, 1.807) is 36.4 Å². The summed E-state index contributed by atoms with van der Waals surface area (Å²) in [5.74, 6) is -5.30. The van der Waals surface area contributed by atoms with E-state index in [1.807, 2.05) is 0 Å². The zero-order valence-corrected chi connectivity index (χ0v) is 32.6. The molecule has 0 saturated carbocycles. The fraction of sp³-hybridized carbons (Fsp3) is 0.0500. The normalized spacial score (nSPS) is 13.8. The van der Waals surface area contributed by atoms with Crippen molar-refractivity contribution in [3.63, 3.8) is 0 Å². The van der Waals surface area contributed by atoms with E-state index in [9.17, 15) is 35.9 Å². The van der Waals surface area contributed by atoms with Crippen molar-refractivity contribution in [3.8, 4) is 0 Å². The minimum atomic E-state index is -7.57. The Hall–Kier alpha value is -4.56. The first kappa shape index (κ1) is 38.2. The first-order valence-corrected chi connectivity index (χ1v) is 27.8. The molecule has 0 fully saturated rings. The summed E-state index contributed by atoms with van der Waals surface area (Å²) in [6.07, 6.45) is -11.2. The van der Waals surface area contributed by atoms with E-state index >= 15 is 0 Å². The van der Waals surface area contributed by atoms with Gasteiger partial charge < -0.3 is 0 Å². The van der Waals surface area contributed by atoms with Crippen molar-refractivity contribution < 1.29 is 43.3 Å². The van der Waals surface area contributed by atoms with Gasteiger partial charge in [-0.15, -0.1) is 0 Å². The van der Waals surface area contributed by atoms with Crippen molar-refractivity contribution >= 4 is 69.5 Å². The van der Waals surface area contributed by atoms with Crippen LogP contribution in [0.5, 0.6) is 0 Å². The molecule has 53 heavy (non-hydrogen) atoms. The third kappa shape index (κ3) is 6.43. The Balaban J connectivity index is 2.00. The van der Waals surface area contributed by atoms with E-state index in [0.717, 1.165) is 0 Å². The summed E-state index contributed by atoms with van der Waals surface area (Å²) in [7, 11) is 0. The maximum atomic E-state index is 14.8. The van der Waals surface area contributed by atoms with Gasteiger partial charge in [-0.05, 0) is 0 Å². The third-order valence-corrected chi connectivity index (χ3v) is 46.5. The maximum absolute atomic E-state index is 14.8. The van der Waals surface area contributed by atoms with Gasteiger partial charge in [0.25, 0.3) is 0 Å². The summed E-state index contributed by atoms with van der Waals surface area (Å²) in [6.45, 7) is 0. The van der Waals surface area contributed by atoms with Gasteiger partial charge in [0.1, 0.15) is 0 Å². The zero-order chi connectivity index (χ0) is 37.8. The van der Waals surface area contributed by atoms with Gasteiger partial charge in [-0.1, -0.05) is 0 Å². The average molecular weight is 948 g/mol. The molecule has 0 aliphatic rings. The number of hydrogen-bond donors (Lipinski definition) is 0. The summed E-state index contributed by atoms with van der Waals surface area (Å²) in [6, 6.07) is 44.4. The molecule has 13 heteroatoms. The second kappa shape index (κ2) is 14.3. The number of rotatable bonds is 10. The molecule has 272 valence electrons. The second-order valence-electron chi connectivity index (χ2n) is 11.8. The van der Waals surface area contributed by atoms with Gasteiger partial charge >= 0.3 is 307 Å². The van der Waals surface area contributed by atoms with Crippen molar-refractivity contribution in [2.45, 2.75) is 12.4 Å². The number of hydrogen-bond acceptors (Lipinski definition) is 5. The molecule has 0 atom stereocenters. The summed E-state index contributed by atoms with van der Waals surface area (Å²) >= 11 is -15.1. The molecule has 0 aromatic heterocycles. The van der Waals surface area contributed by atoms with Gasteiger partial charge in [0.2, 0.25) is 0 Å². The molecule has 0 spiro atoms. The SMILES string of the molecule is O=C([O][Sb]([O][Sb]([O]C(=O)C(F)(F)F)([c]1ccccc1)([c]1ccccc1)[c]1ccccc1)([c]1ccccc1)([c]1ccccc1)[c]1ccccc1)C(F)(F)F. The van der Waals surface area contributed by atoms with Crippen LogP contribution in [0.2, 0.25) is 0 Å². The molecular formula is C40H30F6O5Sb2. The molecule has 6 rings (SSSR count). The van der Waals surface area contributed by atoms with Crippen LogP contribution in [0.4, 0.5) is 26.3 Å². The van der Waals surface area contributed by atoms with Crippen molar-refractivity contribution in [2.75, 3.05) is 0 Å². The molecule has 0 unspecified atom stereocenters. The summed E-state index contributed by atoms with van der Waals surface area (Å²) in [5.41, 5.74) is 0. The molecule has 5 nitrogen and oxygen atoms in total. The van der Waals surface area contributed by atoms with E-state index in [0.29, 0.717) is 0 Å². The molecule has 0 radical (unpaired) electrons. The number of halogens is 6. The number of carbonyl (C=O) groups excluding carboxylic acids is 2. The molecule has 0 amide bonds. The molecule has 0 heterocycles. The van der Waals surface area contributed by atoms with Gasteiger partial charge in [-0.2, -0.15) is 0 Å². The molecule has 0 aliphatic heterocycles. The van der Waals surface area contributed by atoms with E-state index in [2.05, 4.69) is 0 Å². The summed E-state index contributed by atoms with van der Waals surface area (Å²) in [5, 5.41) is 0. The molecular weight excluding hydrogens is 918 g/mol. The topological polar surface area (TPSA) is 61.8 Å². The quantitative estimate of drug-likeness (QED) is 0.135. The predicted octanol–water partition coefficient (Wildman–Crippen LogP) is 5.45. The van der Waals surface area contributed by atoms with Gasteiger partial charge in [0.15, 0.2) is 0 Å². The van der Waals surface area contributed by atoms with Crippen LogP contribution >= 0.6 is 0 Å². The van der Waals surface area contributed by atoms with Crippen LogP contribution in [0.3, 0.4) is 0 Å². The van der Waals surface area contributed by atoms with Gasteiger partial charge in [0.05, 0.1) is 0 Å². The summed E-state index contributed by atoms with van der Waals surface area (Å²) in [4.78, 5) is 27.5. The Bertz CT molecular complexity index is 1830. The first-order valence-electron chi connectivity index (χ1n) is 16.0. The first-order chi connectivity index (χ1) is 25.3. The molecule has 6 aromatic rings. The van der Waals surface area contributed by atoms with Crippen molar-refractivity contribution in [2.24, 2.45) is 0 Å². The third-order valence-electron chi connectivity index (χ3n) is 8.64. The standard InChI is InChI=1S/6C6H5.2C2HF3O2.O.2Sb/c6*1-2-4-6-5-3-1;2*3-2(4,5)1(6)7;;;/h6*1-5H;2*(H,6,7);;;/q;;;;;;;;;2*+1/p-2. The van der Waals surface area contributed by atoms with E-state index < -0.39 is 60.8 Å². The fourth-order valence-corrected chi connectivity index (χ4v) is 55.0. The van der Waals surface area contributed by atoms with Crippen LogP contribution in [-0.4, -0.2) is 60.8 Å². The van der Waals surface area contributed by atoms with Crippen LogP contribution in [-0.2, 0) is 16.9 Å². The number of carbonyl (C=O) groups is 2. The van der Waals surface area contributed by atoms with Crippen molar-refractivity contribution in [3.05, 3.63) is 182 Å². The average Bonchev–Trinajstić information content (AvgIpc) is 3.19. The summed E-state index contributed by atoms with van der Waals surface area (Å²) < 4.78 is 109. The van der Waals surface area contributed by atoms with Crippen LogP contribution < -0.4 is 21.1 Å². The molecule has 0 bridgehead atoms. The Kier molecular flexibility index (Phi) is 10.3. The van der Waals surface area contributed by atoms with Crippen LogP contribution in [0.15, 0.2) is 182 Å². The van der Waals surface area contributed by atoms with Gasteiger partial charge in [-0.25, -0.2) is 0 Å². The molecule has 0 aliphatic carbocycles. The van der Waals surface area contributed by atoms with E-state index in [-0.39, 0.29) is 21.1 Å².